The molecular formula is C19H33N. The van der Waals surface area contributed by atoms with Crippen molar-refractivity contribution in [2.45, 2.75) is 65.7 Å². The Morgan fingerprint density at radius 3 is 2.05 bits per heavy atom. The maximum atomic E-state index is 3.25. The van der Waals surface area contributed by atoms with Crippen molar-refractivity contribution in [3.8, 4) is 0 Å². The molecule has 0 aromatic heterocycles. The molecule has 20 heavy (non-hydrogen) atoms. The Bertz CT molecular complexity index is 387. The number of nitrogens with one attached hydrogen (secondary N) is 1. The van der Waals surface area contributed by atoms with E-state index < -0.39 is 0 Å². The number of benzene rings is 1. The van der Waals surface area contributed by atoms with Crippen molar-refractivity contribution in [3.63, 3.8) is 0 Å². The summed E-state index contributed by atoms with van der Waals surface area (Å²) in [6.07, 6.45) is 4.86. The molecule has 0 amide bonds. The van der Waals surface area contributed by atoms with Crippen LogP contribution in [-0.2, 0) is 11.8 Å². The first-order valence-corrected chi connectivity index (χ1v) is 8.05. The molecule has 1 aromatic rings. The largest absolute Gasteiger partial charge is 0.320 e. The maximum Gasteiger partial charge on any atom is -0.00468 e. The van der Waals surface area contributed by atoms with E-state index in [0.29, 0.717) is 10.8 Å². The van der Waals surface area contributed by atoms with E-state index in [2.05, 4.69) is 64.2 Å². The van der Waals surface area contributed by atoms with E-state index in [1.54, 1.807) is 0 Å². The second-order valence-corrected chi connectivity index (χ2v) is 7.45. The number of aryl methyl sites for hydroxylation is 1. The van der Waals surface area contributed by atoms with Crippen LogP contribution in [0.2, 0.25) is 0 Å². The normalized spacial score (nSPS) is 12.7. The summed E-state index contributed by atoms with van der Waals surface area (Å²) in [5.41, 5.74) is 3.64. The van der Waals surface area contributed by atoms with E-state index in [9.17, 15) is 0 Å². The average Bonchev–Trinajstić information content (AvgIpc) is 2.43. The summed E-state index contributed by atoms with van der Waals surface area (Å²) < 4.78 is 0. The monoisotopic (exact) mass is 275 g/mol. The van der Waals surface area contributed by atoms with Crippen LogP contribution in [0.3, 0.4) is 0 Å². The third kappa shape index (κ3) is 5.28. The van der Waals surface area contributed by atoms with Gasteiger partial charge in [-0.25, -0.2) is 0 Å². The number of hydrogen-bond acceptors (Lipinski definition) is 1. The van der Waals surface area contributed by atoms with Crippen LogP contribution in [0, 0.1) is 5.41 Å². The van der Waals surface area contributed by atoms with Crippen molar-refractivity contribution in [3.05, 3.63) is 35.4 Å². The highest BCUT2D eigenvalue weighted by Crippen LogP contribution is 2.29. The highest BCUT2D eigenvalue weighted by molar-refractivity contribution is 5.28. The van der Waals surface area contributed by atoms with Gasteiger partial charge in [-0.2, -0.15) is 0 Å². The van der Waals surface area contributed by atoms with Gasteiger partial charge in [-0.3, -0.25) is 0 Å². The first-order chi connectivity index (χ1) is 9.30. The second-order valence-electron chi connectivity index (χ2n) is 7.45. The molecule has 0 saturated heterocycles. The molecule has 1 rings (SSSR count). The van der Waals surface area contributed by atoms with Gasteiger partial charge in [0.15, 0.2) is 0 Å². The minimum Gasteiger partial charge on any atom is -0.320 e. The fourth-order valence-corrected chi connectivity index (χ4v) is 2.40. The summed E-state index contributed by atoms with van der Waals surface area (Å²) in [6, 6.07) is 9.28. The van der Waals surface area contributed by atoms with Crippen LogP contribution >= 0.6 is 0 Å². The molecular weight excluding hydrogens is 242 g/mol. The van der Waals surface area contributed by atoms with Crippen molar-refractivity contribution < 1.29 is 0 Å². The summed E-state index contributed by atoms with van der Waals surface area (Å²) >= 11 is 0. The smallest absolute Gasteiger partial charge is 0.00468 e. The fraction of sp³-hybridized carbons (Fsp3) is 0.684. The predicted molar refractivity (Wildman–Crippen MR) is 90.4 cm³/mol. The van der Waals surface area contributed by atoms with Gasteiger partial charge in [0.25, 0.3) is 0 Å². The van der Waals surface area contributed by atoms with Crippen molar-refractivity contribution in [1.82, 2.24) is 5.32 Å². The molecule has 0 radical (unpaired) electrons. The summed E-state index contributed by atoms with van der Waals surface area (Å²) in [4.78, 5) is 0. The van der Waals surface area contributed by atoms with E-state index in [1.807, 2.05) is 7.05 Å². The zero-order chi connectivity index (χ0) is 15.2. The molecule has 1 N–H and O–H groups in total. The lowest BCUT2D eigenvalue weighted by molar-refractivity contribution is 0.305. The van der Waals surface area contributed by atoms with Crippen LogP contribution in [-0.4, -0.2) is 13.6 Å². The first kappa shape index (κ1) is 17.2. The molecule has 114 valence electrons. The summed E-state index contributed by atoms with van der Waals surface area (Å²) in [5.74, 6) is 0. The van der Waals surface area contributed by atoms with E-state index >= 15 is 0 Å². The summed E-state index contributed by atoms with van der Waals surface area (Å²) in [7, 11) is 2.03. The molecule has 0 unspecified atom stereocenters. The molecule has 0 bridgehead atoms. The van der Waals surface area contributed by atoms with Gasteiger partial charge in [0.05, 0.1) is 0 Å². The standard InChI is InChI=1S/C19H33N/c1-7-19(4,5)17-10-8-16(9-11-17)12-13-18(2,3)14-15-20-6/h8-11,20H,7,12-15H2,1-6H3. The Hall–Kier alpha value is -0.820. The van der Waals surface area contributed by atoms with Crippen LogP contribution in [0.5, 0.6) is 0 Å². The molecule has 0 aliphatic carbocycles. The SMILES string of the molecule is CCC(C)(C)c1ccc(CCC(C)(C)CCNC)cc1. The summed E-state index contributed by atoms with van der Waals surface area (Å²) in [6.45, 7) is 12.8. The molecule has 1 nitrogen and oxygen atoms in total. The van der Waals surface area contributed by atoms with Gasteiger partial charge in [-0.1, -0.05) is 58.9 Å². The van der Waals surface area contributed by atoms with E-state index in [4.69, 9.17) is 0 Å². The Morgan fingerprint density at radius 2 is 1.55 bits per heavy atom. The molecule has 1 heteroatoms. The molecule has 0 aliphatic rings. The van der Waals surface area contributed by atoms with Gasteiger partial charge in [0.1, 0.15) is 0 Å². The Labute approximate surface area is 126 Å². The molecule has 0 saturated carbocycles. The molecule has 0 atom stereocenters. The minimum absolute atomic E-state index is 0.296. The Balaban J connectivity index is 2.58. The number of hydrogen-bond donors (Lipinski definition) is 1. The summed E-state index contributed by atoms with van der Waals surface area (Å²) in [5, 5.41) is 3.25. The highest BCUT2D eigenvalue weighted by atomic mass is 14.8. The zero-order valence-electron chi connectivity index (χ0n) is 14.3. The van der Waals surface area contributed by atoms with Gasteiger partial charge in [-0.15, -0.1) is 0 Å². The van der Waals surface area contributed by atoms with Gasteiger partial charge < -0.3 is 5.32 Å². The maximum absolute atomic E-state index is 3.25. The van der Waals surface area contributed by atoms with Crippen LogP contribution in [0.1, 0.15) is 65.0 Å². The molecule has 0 fully saturated rings. The van der Waals surface area contributed by atoms with Gasteiger partial charge >= 0.3 is 0 Å². The van der Waals surface area contributed by atoms with Crippen molar-refractivity contribution in [1.29, 1.82) is 0 Å². The van der Waals surface area contributed by atoms with Crippen LogP contribution in [0.25, 0.3) is 0 Å². The quantitative estimate of drug-likeness (QED) is 0.708. The average molecular weight is 275 g/mol. The predicted octanol–water partition coefficient (Wildman–Crippen LogP) is 4.94. The van der Waals surface area contributed by atoms with Crippen LogP contribution in [0.15, 0.2) is 24.3 Å². The lowest BCUT2D eigenvalue weighted by Crippen LogP contribution is -2.20. The van der Waals surface area contributed by atoms with Crippen LogP contribution < -0.4 is 5.32 Å². The third-order valence-corrected chi connectivity index (χ3v) is 4.76. The fourth-order valence-electron chi connectivity index (χ4n) is 2.40. The highest BCUT2D eigenvalue weighted by Gasteiger charge is 2.19. The Kier molecular flexibility index (Phi) is 6.26. The first-order valence-electron chi connectivity index (χ1n) is 8.05. The molecule has 0 spiro atoms. The van der Waals surface area contributed by atoms with Crippen molar-refractivity contribution in [2.24, 2.45) is 5.41 Å². The van der Waals surface area contributed by atoms with Gasteiger partial charge in [0.2, 0.25) is 0 Å². The minimum atomic E-state index is 0.296. The topological polar surface area (TPSA) is 12.0 Å². The van der Waals surface area contributed by atoms with E-state index in [0.717, 1.165) is 6.54 Å². The lowest BCUT2D eigenvalue weighted by Gasteiger charge is -2.25. The van der Waals surface area contributed by atoms with Gasteiger partial charge in [-0.05, 0) is 61.2 Å². The second kappa shape index (κ2) is 7.26. The van der Waals surface area contributed by atoms with Crippen molar-refractivity contribution in [2.75, 3.05) is 13.6 Å². The molecule has 1 aromatic carbocycles. The molecule has 0 aliphatic heterocycles. The molecule has 0 heterocycles. The number of rotatable bonds is 8. The van der Waals surface area contributed by atoms with Gasteiger partial charge in [0, 0.05) is 0 Å². The zero-order valence-corrected chi connectivity index (χ0v) is 14.3. The van der Waals surface area contributed by atoms with Crippen LogP contribution in [0.4, 0.5) is 0 Å². The lowest BCUT2D eigenvalue weighted by atomic mass is 9.80. The van der Waals surface area contributed by atoms with E-state index in [1.165, 1.54) is 36.8 Å². The van der Waals surface area contributed by atoms with Crippen molar-refractivity contribution >= 4 is 0 Å². The van der Waals surface area contributed by atoms with E-state index in [-0.39, 0.29) is 0 Å². The third-order valence-electron chi connectivity index (χ3n) is 4.76. The Morgan fingerprint density at radius 1 is 0.950 bits per heavy atom.